The van der Waals surface area contributed by atoms with E-state index in [1.807, 2.05) is 6.92 Å². The van der Waals surface area contributed by atoms with Gasteiger partial charge in [-0.05, 0) is 75.9 Å². The Balaban J connectivity index is 2.48. The zero-order valence-electron chi connectivity index (χ0n) is 11.9. The van der Waals surface area contributed by atoms with Crippen LogP contribution in [0.4, 0.5) is 5.82 Å². The molecule has 0 saturated heterocycles. The predicted octanol–water partition coefficient (Wildman–Crippen LogP) is 4.45. The highest BCUT2D eigenvalue weighted by Gasteiger charge is 2.19. The first kappa shape index (κ1) is 14.5. The maximum Gasteiger partial charge on any atom is 0.150 e. The second-order valence-corrected chi connectivity index (χ2v) is 6.79. The van der Waals surface area contributed by atoms with E-state index >= 15 is 0 Å². The van der Waals surface area contributed by atoms with E-state index in [2.05, 4.69) is 72.4 Å². The van der Waals surface area contributed by atoms with Gasteiger partial charge >= 0.3 is 0 Å². The third kappa shape index (κ3) is 2.17. The Hall–Kier alpha value is -1.40. The van der Waals surface area contributed by atoms with E-state index in [9.17, 15) is 0 Å². The number of hydrogen-bond donors (Lipinski definition) is 1. The van der Waals surface area contributed by atoms with E-state index in [1.165, 1.54) is 11.9 Å². The van der Waals surface area contributed by atoms with Crippen LogP contribution in [0.2, 0.25) is 0 Å². The van der Waals surface area contributed by atoms with Gasteiger partial charge in [0.25, 0.3) is 0 Å². The molecular weight excluding hydrogens is 396 g/mol. The molecule has 3 rings (SSSR count). The molecule has 6 heteroatoms. The molecule has 2 heterocycles. The molecule has 0 spiro atoms. The molecular formula is C15H14Br2N4. The molecule has 0 amide bonds. The van der Waals surface area contributed by atoms with Crippen molar-refractivity contribution in [3.8, 4) is 5.69 Å². The molecule has 0 aliphatic rings. The molecule has 4 nitrogen and oxygen atoms in total. The van der Waals surface area contributed by atoms with E-state index in [-0.39, 0.29) is 0 Å². The molecule has 0 radical (unpaired) electrons. The summed E-state index contributed by atoms with van der Waals surface area (Å²) in [6.45, 7) is 6.17. The van der Waals surface area contributed by atoms with Gasteiger partial charge in [-0.2, -0.15) is 0 Å². The lowest BCUT2D eigenvalue weighted by atomic mass is 10.2. The second-order valence-electron chi connectivity index (χ2n) is 5.08. The highest BCUT2D eigenvalue weighted by molar-refractivity contribution is 9.11. The lowest BCUT2D eigenvalue weighted by Gasteiger charge is -2.13. The van der Waals surface area contributed by atoms with E-state index in [1.54, 1.807) is 0 Å². The smallest absolute Gasteiger partial charge is 0.150 e. The fraction of sp³-hybridized carbons (Fsp3) is 0.200. The number of halogens is 2. The van der Waals surface area contributed by atoms with Crippen molar-refractivity contribution < 1.29 is 0 Å². The standard InChI is InChI=1S/C15H14Br2N4/c1-7-4-10(16)13(11(17)5-7)21-9(3)8(2)12-14(18)19-6-20-15(12)21/h4-6H,1-3H3,(H2,18,19,20). The lowest BCUT2D eigenvalue weighted by Crippen LogP contribution is -2.01. The first-order valence-electron chi connectivity index (χ1n) is 6.46. The normalized spacial score (nSPS) is 11.3. The Bertz CT molecular complexity index is 845. The number of nitrogen functional groups attached to an aromatic ring is 1. The van der Waals surface area contributed by atoms with Crippen LogP contribution in [0, 0.1) is 20.8 Å². The Morgan fingerprint density at radius 1 is 1.05 bits per heavy atom. The van der Waals surface area contributed by atoms with Crippen molar-refractivity contribution in [2.45, 2.75) is 20.8 Å². The summed E-state index contributed by atoms with van der Waals surface area (Å²) in [5.74, 6) is 0.513. The van der Waals surface area contributed by atoms with Crippen molar-refractivity contribution in [1.82, 2.24) is 14.5 Å². The number of nitrogens with zero attached hydrogens (tertiary/aromatic N) is 3. The van der Waals surface area contributed by atoms with Gasteiger partial charge in [0.2, 0.25) is 0 Å². The molecule has 0 aliphatic heterocycles. The van der Waals surface area contributed by atoms with Crippen LogP contribution in [0.3, 0.4) is 0 Å². The van der Waals surface area contributed by atoms with Crippen molar-refractivity contribution >= 4 is 48.7 Å². The average molecular weight is 410 g/mol. The van der Waals surface area contributed by atoms with Crippen LogP contribution >= 0.6 is 31.9 Å². The topological polar surface area (TPSA) is 56.7 Å². The van der Waals surface area contributed by atoms with Crippen molar-refractivity contribution in [3.05, 3.63) is 44.2 Å². The number of anilines is 1. The molecule has 0 fully saturated rings. The summed E-state index contributed by atoms with van der Waals surface area (Å²) in [5.41, 5.74) is 11.3. The summed E-state index contributed by atoms with van der Waals surface area (Å²) in [5, 5.41) is 0.911. The Labute approximate surface area is 139 Å². The van der Waals surface area contributed by atoms with Crippen molar-refractivity contribution in [1.29, 1.82) is 0 Å². The van der Waals surface area contributed by atoms with Gasteiger partial charge in [0.15, 0.2) is 5.65 Å². The van der Waals surface area contributed by atoms with Crippen LogP contribution in [-0.2, 0) is 0 Å². The van der Waals surface area contributed by atoms with E-state index in [0.29, 0.717) is 5.82 Å². The second kappa shape index (κ2) is 5.10. The van der Waals surface area contributed by atoms with Crippen molar-refractivity contribution in [3.63, 3.8) is 0 Å². The largest absolute Gasteiger partial charge is 0.383 e. The molecule has 0 atom stereocenters. The van der Waals surface area contributed by atoms with Gasteiger partial charge in [0.05, 0.1) is 11.1 Å². The predicted molar refractivity (Wildman–Crippen MR) is 92.9 cm³/mol. The van der Waals surface area contributed by atoms with Crippen molar-refractivity contribution in [2.75, 3.05) is 5.73 Å². The number of rotatable bonds is 1. The number of benzene rings is 1. The molecule has 108 valence electrons. The molecule has 0 unspecified atom stereocenters. The van der Waals surface area contributed by atoms with Crippen LogP contribution < -0.4 is 5.73 Å². The summed E-state index contributed by atoms with van der Waals surface area (Å²) in [6, 6.07) is 4.18. The molecule has 1 aromatic carbocycles. The van der Waals surface area contributed by atoms with Crippen LogP contribution in [0.1, 0.15) is 16.8 Å². The third-order valence-corrected chi connectivity index (χ3v) is 4.92. The molecule has 0 aliphatic carbocycles. The third-order valence-electron chi connectivity index (χ3n) is 3.71. The fourth-order valence-corrected chi connectivity index (χ4v) is 4.38. The molecule has 2 aromatic heterocycles. The molecule has 2 N–H and O–H groups in total. The van der Waals surface area contributed by atoms with Crippen LogP contribution in [0.25, 0.3) is 16.7 Å². The highest BCUT2D eigenvalue weighted by Crippen LogP contribution is 2.37. The molecule has 0 bridgehead atoms. The molecule has 3 aromatic rings. The maximum absolute atomic E-state index is 6.03. The molecule has 0 saturated carbocycles. The summed E-state index contributed by atoms with van der Waals surface area (Å²) < 4.78 is 4.12. The quantitative estimate of drug-likeness (QED) is 0.645. The Morgan fingerprint density at radius 3 is 2.29 bits per heavy atom. The summed E-state index contributed by atoms with van der Waals surface area (Å²) in [6.07, 6.45) is 1.50. The van der Waals surface area contributed by atoms with E-state index in [4.69, 9.17) is 5.73 Å². The van der Waals surface area contributed by atoms with Gasteiger partial charge in [-0.15, -0.1) is 0 Å². The number of nitrogens with two attached hydrogens (primary N) is 1. The monoisotopic (exact) mass is 408 g/mol. The first-order chi connectivity index (χ1) is 9.91. The van der Waals surface area contributed by atoms with E-state index < -0.39 is 0 Å². The minimum atomic E-state index is 0.513. The van der Waals surface area contributed by atoms with Crippen LogP contribution in [-0.4, -0.2) is 14.5 Å². The van der Waals surface area contributed by atoms with Crippen LogP contribution in [0.15, 0.2) is 27.4 Å². The van der Waals surface area contributed by atoms with Gasteiger partial charge in [-0.1, -0.05) is 0 Å². The van der Waals surface area contributed by atoms with Gasteiger partial charge in [0.1, 0.15) is 12.1 Å². The van der Waals surface area contributed by atoms with Gasteiger partial charge in [0, 0.05) is 14.6 Å². The first-order valence-corrected chi connectivity index (χ1v) is 8.04. The summed E-state index contributed by atoms with van der Waals surface area (Å²) in [4.78, 5) is 8.54. The molecule has 21 heavy (non-hydrogen) atoms. The minimum Gasteiger partial charge on any atom is -0.383 e. The zero-order valence-corrected chi connectivity index (χ0v) is 15.1. The summed E-state index contributed by atoms with van der Waals surface area (Å²) >= 11 is 7.31. The number of fused-ring (bicyclic) bond motifs is 1. The SMILES string of the molecule is Cc1cc(Br)c(-n2c(C)c(C)c3c(N)ncnc32)c(Br)c1. The lowest BCUT2D eigenvalue weighted by molar-refractivity contribution is 1.000. The minimum absolute atomic E-state index is 0.513. The van der Waals surface area contributed by atoms with Gasteiger partial charge in [-0.3, -0.25) is 4.57 Å². The zero-order chi connectivity index (χ0) is 15.3. The van der Waals surface area contributed by atoms with Crippen molar-refractivity contribution in [2.24, 2.45) is 0 Å². The average Bonchev–Trinajstić information content (AvgIpc) is 2.64. The fourth-order valence-electron chi connectivity index (χ4n) is 2.61. The van der Waals surface area contributed by atoms with Gasteiger partial charge < -0.3 is 5.73 Å². The van der Waals surface area contributed by atoms with Crippen LogP contribution in [0.5, 0.6) is 0 Å². The number of aromatic nitrogens is 3. The van der Waals surface area contributed by atoms with Gasteiger partial charge in [-0.25, -0.2) is 9.97 Å². The summed E-state index contributed by atoms with van der Waals surface area (Å²) in [7, 11) is 0. The maximum atomic E-state index is 6.03. The highest BCUT2D eigenvalue weighted by atomic mass is 79.9. The van der Waals surface area contributed by atoms with E-state index in [0.717, 1.165) is 36.9 Å². The Kier molecular flexibility index (Phi) is 3.53. The number of aryl methyl sites for hydroxylation is 2. The number of hydrogen-bond acceptors (Lipinski definition) is 3. The Morgan fingerprint density at radius 2 is 1.67 bits per heavy atom.